The minimum atomic E-state index is 0.658. The van der Waals surface area contributed by atoms with Gasteiger partial charge in [-0.25, -0.2) is 0 Å². The molecule has 0 bridgehead atoms. The van der Waals surface area contributed by atoms with Gasteiger partial charge in [-0.3, -0.25) is 4.99 Å². The average molecular weight is 326 g/mol. The van der Waals surface area contributed by atoms with Crippen LogP contribution in [0.25, 0.3) is 5.70 Å². The highest BCUT2D eigenvalue weighted by atomic mass is 79.9. The van der Waals surface area contributed by atoms with Crippen molar-refractivity contribution >= 4 is 27.8 Å². The first-order valence-corrected chi connectivity index (χ1v) is 6.79. The van der Waals surface area contributed by atoms with Crippen LogP contribution < -0.4 is 10.5 Å². The van der Waals surface area contributed by atoms with E-state index < -0.39 is 0 Å². The monoisotopic (exact) mass is 325 g/mol. The number of aliphatic imine (C=N–C) groups is 1. The van der Waals surface area contributed by atoms with Crippen molar-refractivity contribution in [1.82, 2.24) is 4.90 Å². The molecule has 0 atom stereocenters. The van der Waals surface area contributed by atoms with Gasteiger partial charge in [0.15, 0.2) is 0 Å². The molecule has 0 spiro atoms. The summed E-state index contributed by atoms with van der Waals surface area (Å²) in [5.41, 5.74) is 7.60. The van der Waals surface area contributed by atoms with Gasteiger partial charge in [-0.2, -0.15) is 0 Å². The molecule has 5 heteroatoms. The fourth-order valence-corrected chi connectivity index (χ4v) is 1.83. The molecule has 0 aliphatic heterocycles. The van der Waals surface area contributed by atoms with Crippen LogP contribution in [0.2, 0.25) is 0 Å². The van der Waals surface area contributed by atoms with Crippen LogP contribution in [0.1, 0.15) is 5.56 Å². The van der Waals surface area contributed by atoms with Gasteiger partial charge in [0.05, 0.1) is 10.2 Å². The molecule has 0 amide bonds. The van der Waals surface area contributed by atoms with Crippen molar-refractivity contribution in [2.75, 3.05) is 34.3 Å². The van der Waals surface area contributed by atoms with E-state index in [0.29, 0.717) is 12.3 Å². The third-order valence-electron chi connectivity index (χ3n) is 2.47. The highest BCUT2D eigenvalue weighted by molar-refractivity contribution is 9.12. The number of nitrogens with two attached hydrogens (primary N) is 1. The predicted molar refractivity (Wildman–Crippen MR) is 84.9 cm³/mol. The van der Waals surface area contributed by atoms with Gasteiger partial charge in [0.2, 0.25) is 0 Å². The van der Waals surface area contributed by atoms with Crippen molar-refractivity contribution in [3.05, 3.63) is 34.3 Å². The summed E-state index contributed by atoms with van der Waals surface area (Å²) in [4.78, 5) is 6.00. The van der Waals surface area contributed by atoms with Crippen LogP contribution in [-0.2, 0) is 0 Å². The SMILES string of the molecule is CN=CC(Br)=C(N)c1ccc(OCCN(C)C)cc1. The van der Waals surface area contributed by atoms with Gasteiger partial charge in [-0.15, -0.1) is 0 Å². The van der Waals surface area contributed by atoms with Gasteiger partial charge in [0, 0.05) is 19.8 Å². The lowest BCUT2D eigenvalue weighted by molar-refractivity contribution is 0.261. The Morgan fingerprint density at radius 3 is 2.53 bits per heavy atom. The quantitative estimate of drug-likeness (QED) is 0.817. The molecule has 0 radical (unpaired) electrons. The predicted octanol–water partition coefficient (Wildman–Crippen LogP) is 2.35. The number of allylic oxidation sites excluding steroid dienone is 1. The number of likely N-dealkylation sites (N-methyl/N-ethyl adjacent to an activating group) is 1. The maximum absolute atomic E-state index is 6.01. The number of halogens is 1. The van der Waals surface area contributed by atoms with Crippen LogP contribution in [0.4, 0.5) is 0 Å². The highest BCUT2D eigenvalue weighted by Crippen LogP contribution is 2.20. The summed E-state index contributed by atoms with van der Waals surface area (Å²) in [5, 5.41) is 0. The van der Waals surface area contributed by atoms with Crippen LogP contribution in [0, 0.1) is 0 Å². The fraction of sp³-hybridized carbons (Fsp3) is 0.357. The Morgan fingerprint density at radius 1 is 1.37 bits per heavy atom. The zero-order chi connectivity index (χ0) is 14.3. The number of rotatable bonds is 6. The van der Waals surface area contributed by atoms with Crippen molar-refractivity contribution in [2.24, 2.45) is 10.7 Å². The van der Waals surface area contributed by atoms with E-state index in [0.717, 1.165) is 22.3 Å². The molecule has 0 unspecified atom stereocenters. The highest BCUT2D eigenvalue weighted by Gasteiger charge is 2.02. The maximum Gasteiger partial charge on any atom is 0.119 e. The van der Waals surface area contributed by atoms with Crippen molar-refractivity contribution in [2.45, 2.75) is 0 Å². The van der Waals surface area contributed by atoms with Crippen LogP contribution in [0.3, 0.4) is 0 Å². The summed E-state index contributed by atoms with van der Waals surface area (Å²) in [6.45, 7) is 1.56. The number of hydrogen-bond acceptors (Lipinski definition) is 4. The molecule has 1 aromatic carbocycles. The van der Waals surface area contributed by atoms with Crippen LogP contribution in [-0.4, -0.2) is 45.4 Å². The van der Waals surface area contributed by atoms with Gasteiger partial charge in [0.1, 0.15) is 12.4 Å². The first-order valence-electron chi connectivity index (χ1n) is 6.00. The van der Waals surface area contributed by atoms with Gasteiger partial charge in [-0.1, -0.05) is 0 Å². The molecule has 0 aliphatic rings. The summed E-state index contributed by atoms with van der Waals surface area (Å²) in [6, 6.07) is 7.71. The largest absolute Gasteiger partial charge is 0.492 e. The lowest BCUT2D eigenvalue weighted by Crippen LogP contribution is -2.19. The van der Waals surface area contributed by atoms with Crippen molar-refractivity contribution in [3.8, 4) is 5.75 Å². The van der Waals surface area contributed by atoms with E-state index in [1.807, 2.05) is 38.4 Å². The second-order valence-corrected chi connectivity index (χ2v) is 5.18. The average Bonchev–Trinajstić information content (AvgIpc) is 2.38. The standard InChI is InChI=1S/C14H20BrN3O/c1-17-10-13(15)14(16)11-4-6-12(7-5-11)19-9-8-18(2)3/h4-7,10H,8-9,16H2,1-3H3. The van der Waals surface area contributed by atoms with E-state index in [-0.39, 0.29) is 0 Å². The molecular formula is C14H20BrN3O. The summed E-state index contributed by atoms with van der Waals surface area (Å²) < 4.78 is 6.40. The Labute approximate surface area is 123 Å². The minimum absolute atomic E-state index is 0.658. The molecule has 0 saturated heterocycles. The Morgan fingerprint density at radius 2 is 2.00 bits per heavy atom. The Kier molecular flexibility index (Phi) is 6.59. The summed E-state index contributed by atoms with van der Waals surface area (Å²) in [6.07, 6.45) is 1.68. The van der Waals surface area contributed by atoms with Crippen molar-refractivity contribution in [3.63, 3.8) is 0 Å². The number of nitrogens with zero attached hydrogens (tertiary/aromatic N) is 2. The summed E-state index contributed by atoms with van der Waals surface area (Å²) >= 11 is 3.39. The van der Waals surface area contributed by atoms with E-state index in [9.17, 15) is 0 Å². The Bertz CT molecular complexity index is 452. The summed E-state index contributed by atoms with van der Waals surface area (Å²) in [7, 11) is 5.74. The van der Waals surface area contributed by atoms with E-state index in [1.165, 1.54) is 0 Å². The van der Waals surface area contributed by atoms with Crippen LogP contribution in [0.15, 0.2) is 33.7 Å². The number of benzene rings is 1. The molecule has 0 aromatic heterocycles. The topological polar surface area (TPSA) is 50.9 Å². The first-order chi connectivity index (χ1) is 9.04. The van der Waals surface area contributed by atoms with Crippen molar-refractivity contribution < 1.29 is 4.74 Å². The smallest absolute Gasteiger partial charge is 0.119 e. The zero-order valence-corrected chi connectivity index (χ0v) is 13.1. The molecule has 2 N–H and O–H groups in total. The van der Waals surface area contributed by atoms with E-state index in [2.05, 4.69) is 25.8 Å². The van der Waals surface area contributed by atoms with Gasteiger partial charge in [0.25, 0.3) is 0 Å². The molecular weight excluding hydrogens is 306 g/mol. The molecule has 1 rings (SSSR count). The third-order valence-corrected chi connectivity index (χ3v) is 3.10. The van der Waals surface area contributed by atoms with Gasteiger partial charge < -0.3 is 15.4 Å². The summed E-state index contributed by atoms with van der Waals surface area (Å²) in [5.74, 6) is 0.846. The zero-order valence-electron chi connectivity index (χ0n) is 11.6. The normalized spacial score (nSPS) is 12.9. The van der Waals surface area contributed by atoms with Crippen molar-refractivity contribution in [1.29, 1.82) is 0 Å². The Balaban J connectivity index is 2.68. The van der Waals surface area contributed by atoms with Gasteiger partial charge in [-0.05, 0) is 59.9 Å². The molecule has 19 heavy (non-hydrogen) atoms. The molecule has 0 saturated carbocycles. The van der Waals surface area contributed by atoms with Gasteiger partial charge >= 0.3 is 0 Å². The van der Waals surface area contributed by atoms with Crippen LogP contribution in [0.5, 0.6) is 5.75 Å². The first kappa shape index (κ1) is 15.7. The maximum atomic E-state index is 6.01. The van der Waals surface area contributed by atoms with E-state index >= 15 is 0 Å². The second kappa shape index (κ2) is 7.96. The number of hydrogen-bond donors (Lipinski definition) is 1. The van der Waals surface area contributed by atoms with E-state index in [1.54, 1.807) is 13.3 Å². The molecule has 0 aliphatic carbocycles. The lowest BCUT2D eigenvalue weighted by Gasteiger charge is -2.11. The van der Waals surface area contributed by atoms with Crippen LogP contribution >= 0.6 is 15.9 Å². The lowest BCUT2D eigenvalue weighted by atomic mass is 10.1. The third kappa shape index (κ3) is 5.44. The second-order valence-electron chi connectivity index (χ2n) is 4.33. The molecule has 0 fully saturated rings. The molecule has 4 nitrogen and oxygen atoms in total. The van der Waals surface area contributed by atoms with E-state index in [4.69, 9.17) is 10.5 Å². The molecule has 0 heterocycles. The fourth-order valence-electron chi connectivity index (χ4n) is 1.40. The molecule has 104 valence electrons. The number of ether oxygens (including phenoxy) is 1. The Hall–Kier alpha value is -1.33. The minimum Gasteiger partial charge on any atom is -0.492 e. The molecule has 1 aromatic rings.